The van der Waals surface area contributed by atoms with Crippen LogP contribution in [0.3, 0.4) is 0 Å². The largest absolute Gasteiger partial charge is 0.507 e. The molecule has 0 saturated carbocycles. The highest BCUT2D eigenvalue weighted by molar-refractivity contribution is 7.92. The number of carbonyl (C=O) groups excluding carboxylic acids is 1. The average molecular weight is 477 g/mol. The van der Waals surface area contributed by atoms with Gasteiger partial charge in [0.05, 0.1) is 11.5 Å². The molecule has 0 aliphatic rings. The van der Waals surface area contributed by atoms with Gasteiger partial charge in [-0.25, -0.2) is 13.2 Å². The first-order valence-corrected chi connectivity index (χ1v) is 12.0. The van der Waals surface area contributed by atoms with E-state index in [-0.39, 0.29) is 22.8 Å². The number of phenols is 1. The lowest BCUT2D eigenvalue weighted by molar-refractivity contribution is 0.0523. The van der Waals surface area contributed by atoms with E-state index in [0.717, 1.165) is 5.56 Å². The van der Waals surface area contributed by atoms with E-state index in [1.165, 1.54) is 30.3 Å². The summed E-state index contributed by atoms with van der Waals surface area (Å²) < 4.78 is 36.6. The Bertz CT molecular complexity index is 1340. The summed E-state index contributed by atoms with van der Waals surface area (Å²) in [5.41, 5.74) is 0.881. The monoisotopic (exact) mass is 476 g/mol. The Morgan fingerprint density at radius 1 is 1.03 bits per heavy atom. The van der Waals surface area contributed by atoms with Crippen LogP contribution >= 0.6 is 0 Å². The molecule has 1 unspecified atom stereocenters. The van der Waals surface area contributed by atoms with Gasteiger partial charge in [-0.1, -0.05) is 36.1 Å². The van der Waals surface area contributed by atoms with Crippen molar-refractivity contribution >= 4 is 15.8 Å². The molecule has 3 aromatic carbocycles. The van der Waals surface area contributed by atoms with Gasteiger partial charge in [-0.3, -0.25) is 0 Å². The van der Waals surface area contributed by atoms with Gasteiger partial charge >= 0.3 is 5.97 Å². The summed E-state index contributed by atoms with van der Waals surface area (Å²) in [5.74, 6) is 5.41. The van der Waals surface area contributed by atoms with Crippen molar-refractivity contribution in [2.45, 2.75) is 24.2 Å². The average Bonchev–Trinajstić information content (AvgIpc) is 2.83. The molecule has 7 heteroatoms. The van der Waals surface area contributed by atoms with Gasteiger partial charge in [-0.15, -0.1) is 0 Å². The molecule has 3 rings (SSSR count). The van der Waals surface area contributed by atoms with E-state index in [4.69, 9.17) is 9.47 Å². The minimum atomic E-state index is -3.84. The van der Waals surface area contributed by atoms with Gasteiger partial charge in [0.15, 0.2) is 0 Å². The number of esters is 1. The highest BCUT2D eigenvalue weighted by Crippen LogP contribution is 2.22. The van der Waals surface area contributed by atoms with Crippen LogP contribution in [0.2, 0.25) is 0 Å². The van der Waals surface area contributed by atoms with Crippen LogP contribution in [0.4, 0.5) is 0 Å². The van der Waals surface area contributed by atoms with Gasteiger partial charge in [0.25, 0.3) is 0 Å². The van der Waals surface area contributed by atoms with Crippen molar-refractivity contribution in [2.75, 3.05) is 6.61 Å². The Morgan fingerprint density at radius 3 is 2.26 bits per heavy atom. The number of hydrogen-bond acceptors (Lipinski definition) is 6. The van der Waals surface area contributed by atoms with E-state index >= 15 is 0 Å². The lowest BCUT2D eigenvalue weighted by Gasteiger charge is -2.16. The third-order valence-corrected chi connectivity index (χ3v) is 6.63. The normalized spacial score (nSPS) is 11.6. The van der Waals surface area contributed by atoms with Crippen LogP contribution in [0.5, 0.6) is 11.5 Å². The first-order chi connectivity index (χ1) is 16.2. The molecule has 0 heterocycles. The maximum atomic E-state index is 13.0. The number of rotatable bonds is 7. The second kappa shape index (κ2) is 10.7. The second-order valence-electron chi connectivity index (χ2n) is 7.31. The van der Waals surface area contributed by atoms with Gasteiger partial charge in [0.2, 0.25) is 15.3 Å². The van der Waals surface area contributed by atoms with Crippen LogP contribution in [-0.4, -0.2) is 31.5 Å². The molecule has 0 aliphatic heterocycles. The molecule has 0 saturated heterocycles. The topological polar surface area (TPSA) is 89.9 Å². The van der Waals surface area contributed by atoms with Gasteiger partial charge in [0.1, 0.15) is 17.1 Å². The predicted molar refractivity (Wildman–Crippen MR) is 129 cm³/mol. The van der Waals surface area contributed by atoms with Crippen molar-refractivity contribution in [3.8, 4) is 23.3 Å². The van der Waals surface area contributed by atoms with Crippen LogP contribution in [-0.2, 0) is 14.6 Å². The molecule has 0 fully saturated rings. The Kier molecular flexibility index (Phi) is 7.77. The zero-order valence-corrected chi connectivity index (χ0v) is 19.6. The third kappa shape index (κ3) is 5.85. The number of aromatic hydroxyl groups is 1. The minimum absolute atomic E-state index is 0.0270. The van der Waals surface area contributed by atoms with E-state index < -0.39 is 21.2 Å². The van der Waals surface area contributed by atoms with Crippen molar-refractivity contribution in [3.63, 3.8) is 0 Å². The number of hydrogen-bond donors (Lipinski definition) is 1. The zero-order chi connectivity index (χ0) is 24.7. The van der Waals surface area contributed by atoms with Crippen molar-refractivity contribution in [3.05, 3.63) is 102 Å². The molecule has 3 aromatic rings. The molecule has 0 spiro atoms. The van der Waals surface area contributed by atoms with Gasteiger partial charge in [-0.2, -0.15) is 0 Å². The van der Waals surface area contributed by atoms with E-state index in [1.807, 2.05) is 19.1 Å². The van der Waals surface area contributed by atoms with Crippen LogP contribution in [0, 0.1) is 18.8 Å². The lowest BCUT2D eigenvalue weighted by Crippen LogP contribution is -2.25. The summed E-state index contributed by atoms with van der Waals surface area (Å²) in [4.78, 5) is 12.0. The number of aryl methyl sites for hydroxylation is 1. The Morgan fingerprint density at radius 2 is 1.65 bits per heavy atom. The standard InChI is InChI=1S/C27H24O6S/c1-4-26(33-22-13-6-19(3)7-14-22)34(30,31)23-15-10-20(11-16-23)8-9-21-12-17-25(28)24(18-21)27(29)32-5-2/h4,6-7,10-18,26,28H,1,5H2,2-3H3. The summed E-state index contributed by atoms with van der Waals surface area (Å²) in [6, 6.07) is 17.5. The minimum Gasteiger partial charge on any atom is -0.507 e. The van der Waals surface area contributed by atoms with Crippen LogP contribution in [0.25, 0.3) is 0 Å². The number of sulfone groups is 1. The fourth-order valence-corrected chi connectivity index (χ4v) is 4.26. The second-order valence-corrected chi connectivity index (χ2v) is 9.33. The molecule has 0 bridgehead atoms. The highest BCUT2D eigenvalue weighted by Gasteiger charge is 2.26. The smallest absolute Gasteiger partial charge is 0.341 e. The van der Waals surface area contributed by atoms with Gasteiger partial charge < -0.3 is 14.6 Å². The van der Waals surface area contributed by atoms with E-state index in [1.54, 1.807) is 37.3 Å². The maximum Gasteiger partial charge on any atom is 0.341 e. The van der Waals surface area contributed by atoms with E-state index in [9.17, 15) is 18.3 Å². The molecule has 174 valence electrons. The van der Waals surface area contributed by atoms with Gasteiger partial charge in [-0.05, 0) is 74.5 Å². The van der Waals surface area contributed by atoms with Gasteiger partial charge in [0, 0.05) is 11.1 Å². The summed E-state index contributed by atoms with van der Waals surface area (Å²) in [5, 5.41) is 9.87. The zero-order valence-electron chi connectivity index (χ0n) is 18.8. The molecule has 1 N–H and O–H groups in total. The molecule has 1 atom stereocenters. The molecule has 0 aromatic heterocycles. The SMILES string of the molecule is C=CC(Oc1ccc(C)cc1)S(=O)(=O)c1ccc(C#Cc2ccc(O)c(C(=O)OCC)c2)cc1. The number of phenolic OH excluding ortho intramolecular Hbond substituents is 1. The molecule has 0 amide bonds. The number of ether oxygens (including phenoxy) is 2. The van der Waals surface area contributed by atoms with Crippen LogP contribution in [0.1, 0.15) is 34.0 Å². The van der Waals surface area contributed by atoms with Crippen molar-refractivity contribution in [2.24, 2.45) is 0 Å². The summed E-state index contributed by atoms with van der Waals surface area (Å²) in [6.45, 7) is 7.40. The lowest BCUT2D eigenvalue weighted by atomic mass is 10.1. The fraction of sp³-hybridized carbons (Fsp3) is 0.148. The van der Waals surface area contributed by atoms with Crippen molar-refractivity contribution < 1.29 is 27.8 Å². The summed E-state index contributed by atoms with van der Waals surface area (Å²) in [7, 11) is -3.84. The fourth-order valence-electron chi connectivity index (χ4n) is 2.98. The van der Waals surface area contributed by atoms with Crippen LogP contribution in [0.15, 0.2) is 84.3 Å². The molecular formula is C27H24O6S. The number of benzene rings is 3. The number of carbonyl (C=O) groups is 1. The predicted octanol–water partition coefficient (Wildman–Crippen LogP) is 4.64. The Labute approximate surface area is 199 Å². The molecule has 0 aliphatic carbocycles. The molecule has 0 radical (unpaired) electrons. The molecular weight excluding hydrogens is 452 g/mol. The first-order valence-electron chi connectivity index (χ1n) is 10.5. The van der Waals surface area contributed by atoms with Crippen molar-refractivity contribution in [1.29, 1.82) is 0 Å². The maximum absolute atomic E-state index is 13.0. The summed E-state index contributed by atoms with van der Waals surface area (Å²) in [6.07, 6.45) is 1.24. The van der Waals surface area contributed by atoms with E-state index in [2.05, 4.69) is 18.4 Å². The third-order valence-electron chi connectivity index (χ3n) is 4.80. The molecule has 6 nitrogen and oxygen atoms in total. The molecule has 34 heavy (non-hydrogen) atoms. The van der Waals surface area contributed by atoms with Crippen molar-refractivity contribution in [1.82, 2.24) is 0 Å². The highest BCUT2D eigenvalue weighted by atomic mass is 32.2. The first kappa shape index (κ1) is 24.6. The summed E-state index contributed by atoms with van der Waals surface area (Å²) >= 11 is 0. The quantitative estimate of drug-likeness (QED) is 0.304. The Balaban J connectivity index is 1.79. The van der Waals surface area contributed by atoms with Crippen LogP contribution < -0.4 is 4.74 Å². The Hall–Kier alpha value is -4.02. The van der Waals surface area contributed by atoms with E-state index in [0.29, 0.717) is 16.9 Å².